The number of nitrogens with two attached hydrogens (primary N) is 1. The van der Waals surface area contributed by atoms with Crippen LogP contribution in [0.1, 0.15) is 5.56 Å². The van der Waals surface area contributed by atoms with Gasteiger partial charge in [0.1, 0.15) is 5.82 Å². The molecule has 1 aromatic heterocycles. The molecule has 0 spiro atoms. The summed E-state index contributed by atoms with van der Waals surface area (Å²) in [7, 11) is 0. The van der Waals surface area contributed by atoms with Crippen LogP contribution in [0.15, 0.2) is 42.6 Å². The van der Waals surface area contributed by atoms with Gasteiger partial charge in [0.2, 0.25) is 0 Å². The van der Waals surface area contributed by atoms with Crippen molar-refractivity contribution in [1.29, 1.82) is 0 Å². The van der Waals surface area contributed by atoms with Crippen molar-refractivity contribution in [3.63, 3.8) is 0 Å². The Kier molecular flexibility index (Phi) is 2.74. The van der Waals surface area contributed by atoms with Crippen molar-refractivity contribution in [2.24, 2.45) is 5.73 Å². The largest absolute Gasteiger partial charge is 0.326 e. The number of benzene rings is 1. The van der Waals surface area contributed by atoms with Crippen molar-refractivity contribution < 1.29 is 4.39 Å². The summed E-state index contributed by atoms with van der Waals surface area (Å²) in [6.45, 7) is 0.431. The molecule has 0 saturated heterocycles. The molecule has 0 amide bonds. The number of aromatic nitrogens is 1. The fourth-order valence-corrected chi connectivity index (χ4v) is 1.47. The van der Waals surface area contributed by atoms with Gasteiger partial charge in [0.05, 0.1) is 5.69 Å². The summed E-state index contributed by atoms with van der Waals surface area (Å²) in [5, 5.41) is 0. The molecule has 0 unspecified atom stereocenters. The van der Waals surface area contributed by atoms with Crippen molar-refractivity contribution >= 4 is 0 Å². The van der Waals surface area contributed by atoms with Gasteiger partial charge in [0.25, 0.3) is 0 Å². The van der Waals surface area contributed by atoms with E-state index >= 15 is 0 Å². The van der Waals surface area contributed by atoms with Crippen LogP contribution in [0.5, 0.6) is 0 Å². The van der Waals surface area contributed by atoms with Gasteiger partial charge in [-0.2, -0.15) is 0 Å². The van der Waals surface area contributed by atoms with E-state index in [-0.39, 0.29) is 5.82 Å². The fourth-order valence-electron chi connectivity index (χ4n) is 1.47. The predicted octanol–water partition coefficient (Wildman–Crippen LogP) is 2.35. The van der Waals surface area contributed by atoms with E-state index in [9.17, 15) is 4.39 Å². The number of hydrogen-bond acceptors (Lipinski definition) is 2. The third-order valence-corrected chi connectivity index (χ3v) is 2.23. The maximum absolute atomic E-state index is 12.7. The molecule has 0 aliphatic rings. The van der Waals surface area contributed by atoms with Crippen molar-refractivity contribution in [2.45, 2.75) is 6.54 Å². The molecule has 0 fully saturated rings. The van der Waals surface area contributed by atoms with Crippen LogP contribution >= 0.6 is 0 Å². The predicted molar refractivity (Wildman–Crippen MR) is 57.5 cm³/mol. The smallest absolute Gasteiger partial charge is 0.123 e. The highest BCUT2D eigenvalue weighted by Gasteiger charge is 2.04. The first kappa shape index (κ1) is 9.80. The quantitative estimate of drug-likeness (QED) is 0.811. The summed E-state index contributed by atoms with van der Waals surface area (Å²) < 4.78 is 12.7. The Morgan fingerprint density at radius 2 is 1.87 bits per heavy atom. The Morgan fingerprint density at radius 1 is 1.13 bits per heavy atom. The van der Waals surface area contributed by atoms with Crippen molar-refractivity contribution in [2.75, 3.05) is 0 Å². The monoisotopic (exact) mass is 202 g/mol. The lowest BCUT2D eigenvalue weighted by atomic mass is 10.1. The summed E-state index contributed by atoms with van der Waals surface area (Å²) in [5.74, 6) is -0.246. The highest BCUT2D eigenvalue weighted by molar-refractivity contribution is 5.62. The van der Waals surface area contributed by atoms with E-state index < -0.39 is 0 Å². The van der Waals surface area contributed by atoms with Crippen molar-refractivity contribution in [3.8, 4) is 11.3 Å². The first-order valence-electron chi connectivity index (χ1n) is 4.71. The lowest BCUT2D eigenvalue weighted by Crippen LogP contribution is -2.00. The van der Waals surface area contributed by atoms with Gasteiger partial charge in [-0.15, -0.1) is 0 Å². The van der Waals surface area contributed by atoms with Crippen molar-refractivity contribution in [3.05, 3.63) is 54.0 Å². The first-order valence-corrected chi connectivity index (χ1v) is 4.71. The molecule has 2 N–H and O–H groups in total. The van der Waals surface area contributed by atoms with Gasteiger partial charge in [-0.25, -0.2) is 4.39 Å². The summed E-state index contributed by atoms with van der Waals surface area (Å²) in [6.07, 6.45) is 1.71. The van der Waals surface area contributed by atoms with Crippen molar-refractivity contribution in [1.82, 2.24) is 4.98 Å². The SMILES string of the molecule is NCc1cccnc1-c1ccc(F)cc1. The molecule has 2 nitrogen and oxygen atoms in total. The second kappa shape index (κ2) is 4.19. The molecule has 3 heteroatoms. The van der Waals surface area contributed by atoms with E-state index in [0.29, 0.717) is 6.54 Å². The minimum atomic E-state index is -0.246. The van der Waals surface area contributed by atoms with Gasteiger partial charge in [-0.05, 0) is 35.9 Å². The average molecular weight is 202 g/mol. The minimum absolute atomic E-state index is 0.246. The van der Waals surface area contributed by atoms with Crippen LogP contribution in [0.25, 0.3) is 11.3 Å². The molecule has 0 radical (unpaired) electrons. The Hall–Kier alpha value is -1.74. The molecule has 1 heterocycles. The van der Waals surface area contributed by atoms with Gasteiger partial charge in [-0.3, -0.25) is 4.98 Å². The molecule has 0 aliphatic carbocycles. The zero-order chi connectivity index (χ0) is 10.7. The molecule has 15 heavy (non-hydrogen) atoms. The van der Waals surface area contributed by atoms with E-state index in [2.05, 4.69) is 4.98 Å². The first-order chi connectivity index (χ1) is 7.31. The van der Waals surface area contributed by atoms with E-state index in [1.54, 1.807) is 18.3 Å². The molecule has 1 aromatic carbocycles. The fraction of sp³-hybridized carbons (Fsp3) is 0.0833. The zero-order valence-corrected chi connectivity index (χ0v) is 8.15. The van der Waals surface area contributed by atoms with E-state index in [0.717, 1.165) is 16.8 Å². The van der Waals surface area contributed by atoms with Gasteiger partial charge in [-0.1, -0.05) is 6.07 Å². The molecule has 76 valence electrons. The average Bonchev–Trinajstić information content (AvgIpc) is 2.30. The summed E-state index contributed by atoms with van der Waals surface area (Å²) in [4.78, 5) is 4.25. The Balaban J connectivity index is 2.49. The van der Waals surface area contributed by atoms with Gasteiger partial charge >= 0.3 is 0 Å². The summed E-state index contributed by atoms with van der Waals surface area (Å²) in [5.41, 5.74) is 8.27. The highest BCUT2D eigenvalue weighted by atomic mass is 19.1. The van der Waals surface area contributed by atoms with Crippen LogP contribution in [0.2, 0.25) is 0 Å². The third kappa shape index (κ3) is 2.02. The second-order valence-electron chi connectivity index (χ2n) is 3.22. The highest BCUT2D eigenvalue weighted by Crippen LogP contribution is 2.20. The Morgan fingerprint density at radius 3 is 2.53 bits per heavy atom. The summed E-state index contributed by atoms with van der Waals surface area (Å²) in [6, 6.07) is 10.0. The second-order valence-corrected chi connectivity index (χ2v) is 3.22. The molecule has 0 bridgehead atoms. The van der Waals surface area contributed by atoms with Gasteiger partial charge in [0, 0.05) is 18.3 Å². The molecular formula is C12H11FN2. The van der Waals surface area contributed by atoms with Crippen LogP contribution in [0, 0.1) is 5.82 Å². The maximum atomic E-state index is 12.7. The number of hydrogen-bond donors (Lipinski definition) is 1. The van der Waals surface area contributed by atoms with E-state index in [4.69, 9.17) is 5.73 Å². The number of pyridine rings is 1. The molecule has 2 aromatic rings. The lowest BCUT2D eigenvalue weighted by molar-refractivity contribution is 0.628. The third-order valence-electron chi connectivity index (χ3n) is 2.23. The molecule has 0 atom stereocenters. The minimum Gasteiger partial charge on any atom is -0.326 e. The molecule has 0 aliphatic heterocycles. The molecular weight excluding hydrogens is 191 g/mol. The maximum Gasteiger partial charge on any atom is 0.123 e. The van der Waals surface area contributed by atoms with E-state index in [1.807, 2.05) is 12.1 Å². The van der Waals surface area contributed by atoms with Crippen LogP contribution in [-0.4, -0.2) is 4.98 Å². The Labute approximate surface area is 87.6 Å². The molecule has 0 saturated carbocycles. The van der Waals surface area contributed by atoms with Gasteiger partial charge < -0.3 is 5.73 Å². The van der Waals surface area contributed by atoms with Crippen LogP contribution < -0.4 is 5.73 Å². The normalized spacial score (nSPS) is 10.3. The van der Waals surface area contributed by atoms with Crippen LogP contribution in [-0.2, 0) is 6.54 Å². The van der Waals surface area contributed by atoms with Crippen LogP contribution in [0.3, 0.4) is 0 Å². The number of rotatable bonds is 2. The van der Waals surface area contributed by atoms with E-state index in [1.165, 1.54) is 12.1 Å². The summed E-state index contributed by atoms with van der Waals surface area (Å²) >= 11 is 0. The topological polar surface area (TPSA) is 38.9 Å². The molecule has 2 rings (SSSR count). The number of nitrogens with zero attached hydrogens (tertiary/aromatic N) is 1. The lowest BCUT2D eigenvalue weighted by Gasteiger charge is -2.05. The zero-order valence-electron chi connectivity index (χ0n) is 8.15. The Bertz CT molecular complexity index is 451. The van der Waals surface area contributed by atoms with Crippen LogP contribution in [0.4, 0.5) is 4.39 Å². The standard InChI is InChI=1S/C12H11FN2/c13-11-5-3-9(4-6-11)12-10(8-14)2-1-7-15-12/h1-7H,8,14H2. The number of halogens is 1. The van der Waals surface area contributed by atoms with Gasteiger partial charge in [0.15, 0.2) is 0 Å².